The number of nitrogens with two attached hydrogens (primary N) is 1. The highest BCUT2D eigenvalue weighted by molar-refractivity contribution is 5.33. The lowest BCUT2D eigenvalue weighted by Crippen LogP contribution is -2.19. The Bertz CT molecular complexity index is 568. The van der Waals surface area contributed by atoms with Crippen molar-refractivity contribution >= 4 is 0 Å². The van der Waals surface area contributed by atoms with Crippen molar-refractivity contribution in [1.82, 2.24) is 0 Å². The predicted molar refractivity (Wildman–Crippen MR) is 74.7 cm³/mol. The summed E-state index contributed by atoms with van der Waals surface area (Å²) < 4.78 is 19.2. The van der Waals surface area contributed by atoms with Crippen LogP contribution in [0.4, 0.5) is 4.39 Å². The summed E-state index contributed by atoms with van der Waals surface area (Å²) >= 11 is 0. The predicted octanol–water partition coefficient (Wildman–Crippen LogP) is 3.52. The molecule has 0 radical (unpaired) electrons. The van der Waals surface area contributed by atoms with Crippen LogP contribution in [0.25, 0.3) is 0 Å². The monoisotopic (exact) mass is 259 g/mol. The SMILES string of the molecule is Cc1cc(C(CN)Oc2ccccc2C)ccc1F. The number of para-hydroxylation sites is 1. The van der Waals surface area contributed by atoms with Crippen LogP contribution in [-0.4, -0.2) is 6.54 Å². The minimum absolute atomic E-state index is 0.213. The number of hydrogen-bond acceptors (Lipinski definition) is 2. The Balaban J connectivity index is 2.25. The molecule has 0 aliphatic rings. The molecular weight excluding hydrogens is 241 g/mol. The summed E-state index contributed by atoms with van der Waals surface area (Å²) in [4.78, 5) is 0. The Morgan fingerprint density at radius 2 is 1.84 bits per heavy atom. The summed E-state index contributed by atoms with van der Waals surface area (Å²) in [6, 6.07) is 12.7. The second-order valence-electron chi connectivity index (χ2n) is 4.62. The summed E-state index contributed by atoms with van der Waals surface area (Å²) in [6.45, 7) is 4.07. The van der Waals surface area contributed by atoms with E-state index in [4.69, 9.17) is 10.5 Å². The van der Waals surface area contributed by atoms with Crippen molar-refractivity contribution in [3.05, 3.63) is 65.0 Å². The molecule has 2 aromatic carbocycles. The third-order valence-electron chi connectivity index (χ3n) is 3.13. The number of benzene rings is 2. The molecular formula is C16H18FNO. The van der Waals surface area contributed by atoms with Gasteiger partial charge in [0.25, 0.3) is 0 Å². The van der Waals surface area contributed by atoms with Crippen molar-refractivity contribution < 1.29 is 9.13 Å². The maximum atomic E-state index is 13.3. The summed E-state index contributed by atoms with van der Waals surface area (Å²) in [6.07, 6.45) is -0.264. The maximum Gasteiger partial charge on any atom is 0.136 e. The van der Waals surface area contributed by atoms with Gasteiger partial charge in [-0.15, -0.1) is 0 Å². The fraction of sp³-hybridized carbons (Fsp3) is 0.250. The summed E-state index contributed by atoms with van der Waals surface area (Å²) in [5.41, 5.74) is 8.32. The zero-order chi connectivity index (χ0) is 13.8. The fourth-order valence-electron chi connectivity index (χ4n) is 1.96. The van der Waals surface area contributed by atoms with E-state index in [1.165, 1.54) is 6.07 Å². The number of aryl methyl sites for hydroxylation is 2. The number of rotatable bonds is 4. The molecule has 0 bridgehead atoms. The minimum atomic E-state index is -0.264. The molecule has 0 aromatic heterocycles. The molecule has 100 valence electrons. The van der Waals surface area contributed by atoms with E-state index in [2.05, 4.69) is 0 Å². The highest BCUT2D eigenvalue weighted by Crippen LogP contribution is 2.25. The Labute approximate surface area is 113 Å². The second-order valence-corrected chi connectivity index (χ2v) is 4.62. The van der Waals surface area contributed by atoms with Crippen molar-refractivity contribution in [2.75, 3.05) is 6.54 Å². The average molecular weight is 259 g/mol. The first-order valence-corrected chi connectivity index (χ1v) is 6.30. The lowest BCUT2D eigenvalue weighted by atomic mass is 10.1. The molecule has 0 heterocycles. The molecule has 0 saturated heterocycles. The summed E-state index contributed by atoms with van der Waals surface area (Å²) in [5, 5.41) is 0. The van der Waals surface area contributed by atoms with E-state index in [0.29, 0.717) is 12.1 Å². The average Bonchev–Trinajstić information content (AvgIpc) is 2.41. The molecule has 19 heavy (non-hydrogen) atoms. The number of halogens is 1. The Kier molecular flexibility index (Phi) is 4.17. The first-order chi connectivity index (χ1) is 9.11. The van der Waals surface area contributed by atoms with Crippen LogP contribution >= 0.6 is 0 Å². The van der Waals surface area contributed by atoms with Gasteiger partial charge >= 0.3 is 0 Å². The van der Waals surface area contributed by atoms with Crippen LogP contribution in [0.2, 0.25) is 0 Å². The lowest BCUT2D eigenvalue weighted by molar-refractivity contribution is 0.212. The van der Waals surface area contributed by atoms with E-state index in [1.807, 2.05) is 31.2 Å². The number of hydrogen-bond donors (Lipinski definition) is 1. The van der Waals surface area contributed by atoms with Crippen molar-refractivity contribution in [1.29, 1.82) is 0 Å². The summed E-state index contributed by atoms with van der Waals surface area (Å²) in [7, 11) is 0. The standard InChI is InChI=1S/C16H18FNO/c1-11-5-3-4-6-15(11)19-16(10-18)13-7-8-14(17)12(2)9-13/h3-9,16H,10,18H2,1-2H3. The molecule has 0 amide bonds. The van der Waals surface area contributed by atoms with E-state index in [1.54, 1.807) is 19.1 Å². The van der Waals surface area contributed by atoms with E-state index in [9.17, 15) is 4.39 Å². The first-order valence-electron chi connectivity index (χ1n) is 6.30. The molecule has 0 aliphatic heterocycles. The molecule has 0 saturated carbocycles. The van der Waals surface area contributed by atoms with Crippen LogP contribution in [0.15, 0.2) is 42.5 Å². The van der Waals surface area contributed by atoms with Crippen LogP contribution < -0.4 is 10.5 Å². The topological polar surface area (TPSA) is 35.2 Å². The third-order valence-corrected chi connectivity index (χ3v) is 3.13. The van der Waals surface area contributed by atoms with Gasteiger partial charge in [0.05, 0.1) is 0 Å². The van der Waals surface area contributed by atoms with Gasteiger partial charge in [0, 0.05) is 6.54 Å². The molecule has 2 nitrogen and oxygen atoms in total. The van der Waals surface area contributed by atoms with E-state index < -0.39 is 0 Å². The van der Waals surface area contributed by atoms with Crippen LogP contribution in [0.5, 0.6) is 5.75 Å². The van der Waals surface area contributed by atoms with Gasteiger partial charge in [-0.1, -0.05) is 24.3 Å². The van der Waals surface area contributed by atoms with Crippen LogP contribution in [0, 0.1) is 19.7 Å². The Morgan fingerprint density at radius 3 is 2.47 bits per heavy atom. The van der Waals surface area contributed by atoms with Gasteiger partial charge in [0.2, 0.25) is 0 Å². The molecule has 3 heteroatoms. The largest absolute Gasteiger partial charge is 0.484 e. The van der Waals surface area contributed by atoms with Gasteiger partial charge < -0.3 is 10.5 Å². The molecule has 2 rings (SSSR count). The van der Waals surface area contributed by atoms with Crippen molar-refractivity contribution in [2.24, 2.45) is 5.73 Å². The maximum absolute atomic E-state index is 13.3. The van der Waals surface area contributed by atoms with E-state index in [0.717, 1.165) is 16.9 Å². The zero-order valence-electron chi connectivity index (χ0n) is 11.2. The third kappa shape index (κ3) is 3.12. The number of ether oxygens (including phenoxy) is 1. The zero-order valence-corrected chi connectivity index (χ0v) is 11.2. The van der Waals surface area contributed by atoms with Gasteiger partial charge in [-0.2, -0.15) is 0 Å². The van der Waals surface area contributed by atoms with Crippen molar-refractivity contribution in [3.8, 4) is 5.75 Å². The van der Waals surface area contributed by atoms with Crippen LogP contribution in [-0.2, 0) is 0 Å². The Hall–Kier alpha value is -1.87. The molecule has 1 atom stereocenters. The van der Waals surface area contributed by atoms with Gasteiger partial charge in [0.15, 0.2) is 0 Å². The fourth-order valence-corrected chi connectivity index (χ4v) is 1.96. The smallest absolute Gasteiger partial charge is 0.136 e. The minimum Gasteiger partial charge on any atom is -0.484 e. The molecule has 0 spiro atoms. The van der Waals surface area contributed by atoms with E-state index in [-0.39, 0.29) is 11.9 Å². The Morgan fingerprint density at radius 1 is 1.11 bits per heavy atom. The molecule has 0 aliphatic carbocycles. The quantitative estimate of drug-likeness (QED) is 0.911. The second kappa shape index (κ2) is 5.85. The summed E-state index contributed by atoms with van der Waals surface area (Å²) in [5.74, 6) is 0.593. The lowest BCUT2D eigenvalue weighted by Gasteiger charge is -2.19. The normalized spacial score (nSPS) is 12.2. The molecule has 2 aromatic rings. The van der Waals surface area contributed by atoms with Gasteiger partial charge in [-0.25, -0.2) is 4.39 Å². The van der Waals surface area contributed by atoms with Gasteiger partial charge in [-0.3, -0.25) is 0 Å². The first kappa shape index (κ1) is 13.6. The van der Waals surface area contributed by atoms with Crippen LogP contribution in [0.1, 0.15) is 22.8 Å². The molecule has 2 N–H and O–H groups in total. The van der Waals surface area contributed by atoms with Crippen molar-refractivity contribution in [3.63, 3.8) is 0 Å². The van der Waals surface area contributed by atoms with Gasteiger partial charge in [-0.05, 0) is 48.7 Å². The highest BCUT2D eigenvalue weighted by Gasteiger charge is 2.13. The van der Waals surface area contributed by atoms with Crippen LogP contribution in [0.3, 0.4) is 0 Å². The molecule has 0 fully saturated rings. The van der Waals surface area contributed by atoms with Crippen molar-refractivity contribution in [2.45, 2.75) is 20.0 Å². The van der Waals surface area contributed by atoms with E-state index >= 15 is 0 Å². The molecule has 1 unspecified atom stereocenters. The van der Waals surface area contributed by atoms with Gasteiger partial charge in [0.1, 0.15) is 17.7 Å². The highest BCUT2D eigenvalue weighted by atomic mass is 19.1.